The molecule has 4 fully saturated rings. The van der Waals surface area contributed by atoms with Crippen molar-refractivity contribution in [2.75, 3.05) is 0 Å². The fraction of sp³-hybridized carbons (Fsp3) is 0.846. The van der Waals surface area contributed by atoms with E-state index in [1.165, 1.54) is 25.7 Å². The minimum Gasteiger partial charge on any atom is -0.393 e. The van der Waals surface area contributed by atoms with E-state index in [9.17, 15) is 5.11 Å². The van der Waals surface area contributed by atoms with Crippen LogP contribution in [0.2, 0.25) is 0 Å². The summed E-state index contributed by atoms with van der Waals surface area (Å²) in [4.78, 5) is 12.7. The summed E-state index contributed by atoms with van der Waals surface area (Å²) < 4.78 is 0. The second kappa shape index (κ2) is 6.43. The molecule has 0 aromatic carbocycles. The molecule has 1 saturated heterocycles. The van der Waals surface area contributed by atoms with E-state index >= 15 is 0 Å². The Bertz CT molecular complexity index is 727. The molecule has 162 valence electrons. The highest BCUT2D eigenvalue weighted by atomic mass is 17.2. The molecule has 4 aliphatic carbocycles. The summed E-state index contributed by atoms with van der Waals surface area (Å²) in [6.07, 6.45) is 16.9. The minimum atomic E-state index is -0.434. The van der Waals surface area contributed by atoms with Gasteiger partial charge in [-0.3, -0.25) is 0 Å². The first-order valence-corrected chi connectivity index (χ1v) is 12.1. The van der Waals surface area contributed by atoms with Gasteiger partial charge in [0.1, 0.15) is 11.2 Å². The highest BCUT2D eigenvalue weighted by Crippen LogP contribution is 2.72. The van der Waals surface area contributed by atoms with Crippen LogP contribution in [-0.2, 0) is 9.78 Å². The Labute approximate surface area is 176 Å². The summed E-state index contributed by atoms with van der Waals surface area (Å²) in [6, 6.07) is 0. The van der Waals surface area contributed by atoms with Crippen molar-refractivity contribution in [2.45, 2.75) is 96.9 Å². The maximum absolute atomic E-state index is 10.4. The van der Waals surface area contributed by atoms with E-state index in [4.69, 9.17) is 9.78 Å². The van der Waals surface area contributed by atoms with Crippen LogP contribution in [0.15, 0.2) is 24.3 Å². The predicted octanol–water partition coefficient (Wildman–Crippen LogP) is 5.84. The number of aliphatic hydroxyl groups is 1. The first-order valence-electron chi connectivity index (χ1n) is 12.1. The van der Waals surface area contributed by atoms with Crippen molar-refractivity contribution in [1.82, 2.24) is 0 Å². The lowest BCUT2D eigenvalue weighted by Gasteiger charge is -2.69. The second-order valence-electron chi connectivity index (χ2n) is 11.9. The van der Waals surface area contributed by atoms with Crippen LogP contribution in [0.3, 0.4) is 0 Å². The van der Waals surface area contributed by atoms with Crippen LogP contribution in [0.5, 0.6) is 0 Å². The van der Waals surface area contributed by atoms with Crippen LogP contribution in [0, 0.1) is 40.4 Å². The summed E-state index contributed by atoms with van der Waals surface area (Å²) in [6.45, 7) is 11.9. The van der Waals surface area contributed by atoms with Gasteiger partial charge in [-0.15, -0.1) is 0 Å². The summed E-state index contributed by atoms with van der Waals surface area (Å²) >= 11 is 0. The van der Waals surface area contributed by atoms with Gasteiger partial charge in [0.05, 0.1) is 6.10 Å². The van der Waals surface area contributed by atoms with E-state index in [2.05, 4.69) is 58.9 Å². The van der Waals surface area contributed by atoms with E-state index in [0.29, 0.717) is 41.4 Å². The lowest BCUT2D eigenvalue weighted by molar-refractivity contribution is -0.497. The molecule has 2 bridgehead atoms. The third kappa shape index (κ3) is 2.53. The Morgan fingerprint density at radius 1 is 0.931 bits per heavy atom. The Morgan fingerprint density at radius 3 is 2.41 bits per heavy atom. The van der Waals surface area contributed by atoms with Crippen molar-refractivity contribution < 1.29 is 14.9 Å². The molecule has 0 aromatic heterocycles. The van der Waals surface area contributed by atoms with E-state index in [-0.39, 0.29) is 17.1 Å². The van der Waals surface area contributed by atoms with Crippen LogP contribution in [0.25, 0.3) is 0 Å². The number of aliphatic hydroxyl groups excluding tert-OH is 1. The Morgan fingerprint density at radius 2 is 1.72 bits per heavy atom. The monoisotopic (exact) mass is 400 g/mol. The van der Waals surface area contributed by atoms with Gasteiger partial charge in [-0.25, -0.2) is 9.78 Å². The molecule has 2 heterocycles. The van der Waals surface area contributed by atoms with E-state index < -0.39 is 5.60 Å². The third-order valence-corrected chi connectivity index (χ3v) is 10.1. The van der Waals surface area contributed by atoms with E-state index in [0.717, 1.165) is 12.8 Å². The van der Waals surface area contributed by atoms with Gasteiger partial charge >= 0.3 is 0 Å². The minimum absolute atomic E-state index is 0.0712. The molecule has 1 N–H and O–H groups in total. The zero-order chi connectivity index (χ0) is 20.7. The molecular formula is C26H40O3. The van der Waals surface area contributed by atoms with Gasteiger partial charge in [-0.2, -0.15) is 0 Å². The van der Waals surface area contributed by atoms with Crippen LogP contribution in [0.1, 0.15) is 79.6 Å². The molecule has 3 saturated carbocycles. The average molecular weight is 401 g/mol. The maximum Gasteiger partial charge on any atom is 0.130 e. The molecule has 3 nitrogen and oxygen atoms in total. The molecule has 9 atom stereocenters. The third-order valence-electron chi connectivity index (χ3n) is 10.1. The molecule has 9 unspecified atom stereocenters. The molecule has 0 radical (unpaired) electrons. The molecule has 0 aromatic rings. The molecule has 29 heavy (non-hydrogen) atoms. The Kier molecular flexibility index (Phi) is 4.50. The molecule has 6 rings (SSSR count). The van der Waals surface area contributed by atoms with Crippen molar-refractivity contribution in [3.8, 4) is 0 Å². The number of rotatable bonds is 3. The standard InChI is InChI=1S/C26H40O3/c1-17(2)6-7-18(3)20-8-9-21-23(20,4)12-11-22-24(5)13-10-19(27)16-25(24)14-15-26(21,22)29-28-25/h6-7,14-15,17-22,27H,8-13,16H2,1-5H3. The zero-order valence-corrected chi connectivity index (χ0v) is 19.0. The Hall–Kier alpha value is -0.640. The first-order chi connectivity index (χ1) is 13.7. The summed E-state index contributed by atoms with van der Waals surface area (Å²) in [5.41, 5.74) is -0.341. The van der Waals surface area contributed by atoms with Crippen LogP contribution in [0.4, 0.5) is 0 Å². The quantitative estimate of drug-likeness (QED) is 0.478. The highest BCUT2D eigenvalue weighted by molar-refractivity contribution is 5.33. The smallest absolute Gasteiger partial charge is 0.130 e. The van der Waals surface area contributed by atoms with E-state index in [1.807, 2.05) is 0 Å². The van der Waals surface area contributed by atoms with Crippen LogP contribution >= 0.6 is 0 Å². The van der Waals surface area contributed by atoms with Gasteiger partial charge in [0, 0.05) is 23.7 Å². The number of hydrogen-bond donors (Lipinski definition) is 1. The zero-order valence-electron chi connectivity index (χ0n) is 19.0. The fourth-order valence-corrected chi connectivity index (χ4v) is 8.54. The first kappa shape index (κ1) is 20.3. The summed E-state index contributed by atoms with van der Waals surface area (Å²) in [5.74, 6) is 2.95. The lowest BCUT2D eigenvalue weighted by Crippen LogP contribution is -2.73. The Balaban J connectivity index is 1.50. The van der Waals surface area contributed by atoms with Crippen molar-refractivity contribution in [3.63, 3.8) is 0 Å². The topological polar surface area (TPSA) is 38.7 Å². The van der Waals surface area contributed by atoms with Crippen LogP contribution in [-0.4, -0.2) is 22.4 Å². The number of allylic oxidation sites excluding steroid dienone is 2. The fourth-order valence-electron chi connectivity index (χ4n) is 8.54. The normalized spacial score (nSPS) is 54.4. The van der Waals surface area contributed by atoms with Gasteiger partial charge in [-0.1, -0.05) is 52.8 Å². The largest absolute Gasteiger partial charge is 0.393 e. The molecule has 3 heteroatoms. The summed E-state index contributed by atoms with van der Waals surface area (Å²) in [7, 11) is 0. The van der Waals surface area contributed by atoms with Crippen molar-refractivity contribution in [2.24, 2.45) is 40.4 Å². The molecule has 2 spiro atoms. The molecular weight excluding hydrogens is 360 g/mol. The molecule has 0 amide bonds. The van der Waals surface area contributed by atoms with Crippen molar-refractivity contribution in [1.29, 1.82) is 0 Å². The highest BCUT2D eigenvalue weighted by Gasteiger charge is 2.74. The SMILES string of the molecule is CC(C)C=CC(C)C1CCC2C1(C)CCC1C23C=CC2(CC(O)CCC12C)OO3. The lowest BCUT2D eigenvalue weighted by atomic mass is 9.43. The number of hydrogen-bond acceptors (Lipinski definition) is 3. The van der Waals surface area contributed by atoms with Gasteiger partial charge in [-0.05, 0) is 67.8 Å². The van der Waals surface area contributed by atoms with Gasteiger partial charge in [0.25, 0.3) is 0 Å². The van der Waals surface area contributed by atoms with Gasteiger partial charge in [0.2, 0.25) is 0 Å². The van der Waals surface area contributed by atoms with Gasteiger partial charge < -0.3 is 5.11 Å². The van der Waals surface area contributed by atoms with Crippen molar-refractivity contribution >= 4 is 0 Å². The maximum atomic E-state index is 10.4. The average Bonchev–Trinajstić information content (AvgIpc) is 3.04. The second-order valence-corrected chi connectivity index (χ2v) is 11.9. The van der Waals surface area contributed by atoms with Crippen molar-refractivity contribution in [3.05, 3.63) is 24.3 Å². The van der Waals surface area contributed by atoms with Gasteiger partial charge in [0.15, 0.2) is 0 Å². The van der Waals surface area contributed by atoms with Crippen LogP contribution < -0.4 is 0 Å². The number of fused-ring (bicyclic) bond motifs is 2. The summed E-state index contributed by atoms with van der Waals surface area (Å²) in [5, 5.41) is 10.4. The molecule has 2 aliphatic heterocycles. The molecule has 6 aliphatic rings. The predicted molar refractivity (Wildman–Crippen MR) is 115 cm³/mol. The van der Waals surface area contributed by atoms with E-state index in [1.54, 1.807) is 0 Å².